The van der Waals surface area contributed by atoms with Crippen molar-refractivity contribution in [1.82, 2.24) is 14.8 Å². The number of aryl methyl sites for hydroxylation is 2. The van der Waals surface area contributed by atoms with E-state index in [1.807, 2.05) is 36.7 Å². The van der Waals surface area contributed by atoms with Crippen LogP contribution < -0.4 is 9.46 Å². The van der Waals surface area contributed by atoms with Crippen LogP contribution in [0.5, 0.6) is 11.5 Å². The van der Waals surface area contributed by atoms with Crippen molar-refractivity contribution in [1.29, 1.82) is 0 Å². The average Bonchev–Trinajstić information content (AvgIpc) is 3.31. The molecule has 0 saturated carbocycles. The van der Waals surface area contributed by atoms with E-state index in [1.54, 1.807) is 17.5 Å². The SMILES string of the molecule is Cc1cc(C)n(-c2ccc(Oc3ccc(S(=O)(=O)Nc4nccs4)c(F)c3)cc2)n1. The molecule has 0 fully saturated rings. The zero-order valence-electron chi connectivity index (χ0n) is 16.0. The Morgan fingerprint density at radius 3 is 2.40 bits per heavy atom. The maximum Gasteiger partial charge on any atom is 0.266 e. The van der Waals surface area contributed by atoms with Crippen molar-refractivity contribution in [3.8, 4) is 17.2 Å². The van der Waals surface area contributed by atoms with Crippen LogP contribution in [0.15, 0.2) is 65.0 Å². The number of ether oxygens (including phenoxy) is 1. The lowest BCUT2D eigenvalue weighted by atomic mass is 10.3. The Balaban J connectivity index is 1.51. The lowest BCUT2D eigenvalue weighted by Crippen LogP contribution is -2.14. The van der Waals surface area contributed by atoms with Gasteiger partial charge in [0, 0.05) is 23.3 Å². The van der Waals surface area contributed by atoms with Gasteiger partial charge in [-0.2, -0.15) is 5.10 Å². The summed E-state index contributed by atoms with van der Waals surface area (Å²) in [5.74, 6) is -0.258. The van der Waals surface area contributed by atoms with Gasteiger partial charge in [-0.15, -0.1) is 11.3 Å². The molecule has 0 aliphatic carbocycles. The Labute approximate surface area is 176 Å². The van der Waals surface area contributed by atoms with E-state index >= 15 is 0 Å². The average molecular weight is 445 g/mol. The Morgan fingerprint density at radius 2 is 1.80 bits per heavy atom. The van der Waals surface area contributed by atoms with E-state index in [4.69, 9.17) is 4.74 Å². The highest BCUT2D eigenvalue weighted by Gasteiger charge is 2.21. The smallest absolute Gasteiger partial charge is 0.266 e. The Hall–Kier alpha value is -3.24. The molecule has 7 nitrogen and oxygen atoms in total. The third-order valence-corrected chi connectivity index (χ3v) is 6.36. The summed E-state index contributed by atoms with van der Waals surface area (Å²) in [4.78, 5) is 3.36. The second-order valence-electron chi connectivity index (χ2n) is 6.47. The standard InChI is InChI=1S/C20H17FN4O3S2/c1-13-11-14(2)25(23-13)15-3-5-16(6-4-15)28-17-7-8-19(18(21)12-17)30(26,27)24-20-22-9-10-29-20/h3-12H,1-2H3,(H,22,24). The van der Waals surface area contributed by atoms with Crippen LogP contribution in [-0.2, 0) is 10.0 Å². The van der Waals surface area contributed by atoms with Crippen LogP contribution >= 0.6 is 11.3 Å². The molecule has 0 atom stereocenters. The number of hydrogen-bond donors (Lipinski definition) is 1. The molecule has 0 unspecified atom stereocenters. The van der Waals surface area contributed by atoms with Crippen LogP contribution in [0.2, 0.25) is 0 Å². The van der Waals surface area contributed by atoms with Crippen molar-refractivity contribution in [2.75, 3.05) is 4.72 Å². The van der Waals surface area contributed by atoms with E-state index in [0.717, 1.165) is 40.5 Å². The molecule has 10 heteroatoms. The van der Waals surface area contributed by atoms with Gasteiger partial charge in [-0.05, 0) is 56.3 Å². The molecule has 1 N–H and O–H groups in total. The summed E-state index contributed by atoms with van der Waals surface area (Å²) in [6.07, 6.45) is 1.45. The maximum absolute atomic E-state index is 14.5. The van der Waals surface area contributed by atoms with E-state index < -0.39 is 20.7 Å². The van der Waals surface area contributed by atoms with Gasteiger partial charge in [0.2, 0.25) is 0 Å². The molecule has 0 saturated heterocycles. The Morgan fingerprint density at radius 1 is 1.07 bits per heavy atom. The molecule has 4 aromatic rings. The summed E-state index contributed by atoms with van der Waals surface area (Å²) < 4.78 is 48.9. The fourth-order valence-electron chi connectivity index (χ4n) is 2.89. The molecule has 0 aliphatic heterocycles. The van der Waals surface area contributed by atoms with Gasteiger partial charge in [0.15, 0.2) is 5.13 Å². The topological polar surface area (TPSA) is 86.1 Å². The number of thiazole rings is 1. The molecule has 0 radical (unpaired) electrons. The predicted molar refractivity (Wildman–Crippen MR) is 112 cm³/mol. The van der Waals surface area contributed by atoms with Crippen LogP contribution in [-0.4, -0.2) is 23.2 Å². The molecule has 0 amide bonds. The minimum absolute atomic E-state index is 0.164. The first-order chi connectivity index (χ1) is 14.3. The van der Waals surface area contributed by atoms with Crippen molar-refractivity contribution >= 4 is 26.5 Å². The van der Waals surface area contributed by atoms with Gasteiger partial charge in [-0.3, -0.25) is 4.72 Å². The third-order valence-electron chi connectivity index (χ3n) is 4.17. The number of aromatic nitrogens is 3. The Bertz CT molecular complexity index is 1280. The quantitative estimate of drug-likeness (QED) is 0.467. The number of nitrogens with zero attached hydrogens (tertiary/aromatic N) is 3. The van der Waals surface area contributed by atoms with Crippen LogP contribution in [0.1, 0.15) is 11.4 Å². The molecule has 2 aromatic carbocycles. The van der Waals surface area contributed by atoms with Crippen molar-refractivity contribution in [2.45, 2.75) is 18.7 Å². The van der Waals surface area contributed by atoms with Gasteiger partial charge in [-0.25, -0.2) is 22.5 Å². The molecule has 0 bridgehead atoms. The number of halogens is 1. The minimum Gasteiger partial charge on any atom is -0.457 e. The first-order valence-corrected chi connectivity index (χ1v) is 11.2. The first-order valence-electron chi connectivity index (χ1n) is 8.85. The van der Waals surface area contributed by atoms with Crippen LogP contribution in [0.3, 0.4) is 0 Å². The number of rotatable bonds is 6. The number of benzene rings is 2. The van der Waals surface area contributed by atoms with Gasteiger partial charge in [-0.1, -0.05) is 0 Å². The molecular weight excluding hydrogens is 427 g/mol. The molecule has 2 heterocycles. The molecule has 4 rings (SSSR count). The summed E-state index contributed by atoms with van der Waals surface area (Å²) in [5.41, 5.74) is 2.79. The van der Waals surface area contributed by atoms with Crippen molar-refractivity contribution < 1.29 is 17.5 Å². The van der Waals surface area contributed by atoms with E-state index in [1.165, 1.54) is 12.3 Å². The fourth-order valence-corrected chi connectivity index (χ4v) is 4.74. The predicted octanol–water partition coefficient (Wildman–Crippen LogP) is 4.68. The minimum atomic E-state index is -4.08. The van der Waals surface area contributed by atoms with Crippen molar-refractivity contribution in [2.24, 2.45) is 0 Å². The summed E-state index contributed by atoms with van der Waals surface area (Å²) in [6.45, 7) is 3.89. The lowest BCUT2D eigenvalue weighted by Gasteiger charge is -2.10. The largest absolute Gasteiger partial charge is 0.457 e. The maximum atomic E-state index is 14.5. The van der Waals surface area contributed by atoms with E-state index in [9.17, 15) is 12.8 Å². The summed E-state index contributed by atoms with van der Waals surface area (Å²) in [6, 6.07) is 12.7. The van der Waals surface area contributed by atoms with Crippen molar-refractivity contribution in [3.05, 3.63) is 77.3 Å². The van der Waals surface area contributed by atoms with Crippen LogP contribution in [0.4, 0.5) is 9.52 Å². The lowest BCUT2D eigenvalue weighted by molar-refractivity contribution is 0.473. The second kappa shape index (κ2) is 7.88. The Kier molecular flexibility index (Phi) is 5.27. The van der Waals surface area contributed by atoms with Gasteiger partial charge >= 0.3 is 0 Å². The van der Waals surface area contributed by atoms with Gasteiger partial charge in [0.05, 0.1) is 11.4 Å². The zero-order valence-corrected chi connectivity index (χ0v) is 17.7. The monoisotopic (exact) mass is 444 g/mol. The molecule has 30 heavy (non-hydrogen) atoms. The van der Waals surface area contributed by atoms with E-state index in [2.05, 4.69) is 14.8 Å². The van der Waals surface area contributed by atoms with Crippen molar-refractivity contribution in [3.63, 3.8) is 0 Å². The summed E-state index contributed by atoms with van der Waals surface area (Å²) in [5, 5.41) is 6.21. The normalized spacial score (nSPS) is 11.4. The summed E-state index contributed by atoms with van der Waals surface area (Å²) >= 11 is 1.10. The molecule has 0 spiro atoms. The van der Waals surface area contributed by atoms with E-state index in [-0.39, 0.29) is 10.9 Å². The van der Waals surface area contributed by atoms with Crippen LogP contribution in [0.25, 0.3) is 5.69 Å². The highest BCUT2D eigenvalue weighted by Crippen LogP contribution is 2.27. The fraction of sp³-hybridized carbons (Fsp3) is 0.100. The first kappa shape index (κ1) is 20.0. The third kappa shape index (κ3) is 4.19. The summed E-state index contributed by atoms with van der Waals surface area (Å²) in [7, 11) is -4.08. The molecule has 0 aliphatic rings. The van der Waals surface area contributed by atoms with Crippen LogP contribution in [0, 0.1) is 19.7 Å². The molecular formula is C20H17FN4O3S2. The number of hydrogen-bond acceptors (Lipinski definition) is 6. The van der Waals surface area contributed by atoms with Gasteiger partial charge in [0.25, 0.3) is 10.0 Å². The molecule has 154 valence electrons. The highest BCUT2D eigenvalue weighted by molar-refractivity contribution is 7.93. The number of sulfonamides is 1. The number of nitrogens with one attached hydrogen (secondary N) is 1. The number of anilines is 1. The highest BCUT2D eigenvalue weighted by atomic mass is 32.2. The van der Waals surface area contributed by atoms with Gasteiger partial charge in [0.1, 0.15) is 22.2 Å². The van der Waals surface area contributed by atoms with Gasteiger partial charge < -0.3 is 4.74 Å². The second-order valence-corrected chi connectivity index (χ2v) is 9.02. The molecule has 2 aromatic heterocycles. The zero-order chi connectivity index (χ0) is 21.3. The van der Waals surface area contributed by atoms with E-state index in [0.29, 0.717) is 5.75 Å².